The summed E-state index contributed by atoms with van der Waals surface area (Å²) in [6.07, 6.45) is -0.125. The molecule has 0 spiro atoms. The average molecular weight is 270 g/mol. The summed E-state index contributed by atoms with van der Waals surface area (Å²) in [5.41, 5.74) is 0.565. The van der Waals surface area contributed by atoms with Crippen LogP contribution in [0.5, 0.6) is 5.75 Å². The molecule has 4 nitrogen and oxygen atoms in total. The van der Waals surface area contributed by atoms with E-state index in [1.807, 2.05) is 6.92 Å². The standard InChI is InChI=1S/C13H16ClNO3/c1-9-7-15(8-12(6-14)18-9)13(17)10-2-4-11(16)5-3-10/h2-5,9,12,16H,6-8H2,1H3. The lowest BCUT2D eigenvalue weighted by Gasteiger charge is -2.36. The maximum Gasteiger partial charge on any atom is 0.254 e. The molecule has 1 aliphatic rings. The first-order chi connectivity index (χ1) is 8.60. The third kappa shape index (κ3) is 2.94. The van der Waals surface area contributed by atoms with Gasteiger partial charge in [-0.1, -0.05) is 0 Å². The minimum atomic E-state index is -0.114. The molecule has 2 atom stereocenters. The fourth-order valence-electron chi connectivity index (χ4n) is 2.08. The van der Waals surface area contributed by atoms with E-state index in [0.29, 0.717) is 24.5 Å². The number of rotatable bonds is 2. The lowest BCUT2D eigenvalue weighted by molar-refractivity contribution is -0.0570. The molecule has 1 amide bonds. The zero-order chi connectivity index (χ0) is 13.1. The van der Waals surface area contributed by atoms with Gasteiger partial charge in [-0.05, 0) is 31.2 Å². The van der Waals surface area contributed by atoms with E-state index < -0.39 is 0 Å². The minimum absolute atomic E-state index is 0.0106. The number of halogens is 1. The van der Waals surface area contributed by atoms with Crippen molar-refractivity contribution in [3.05, 3.63) is 29.8 Å². The van der Waals surface area contributed by atoms with Gasteiger partial charge in [-0.15, -0.1) is 11.6 Å². The van der Waals surface area contributed by atoms with Crippen molar-refractivity contribution in [1.29, 1.82) is 0 Å². The number of carbonyl (C=O) groups excluding carboxylic acids is 1. The quantitative estimate of drug-likeness (QED) is 0.834. The second-order valence-electron chi connectivity index (χ2n) is 4.48. The summed E-state index contributed by atoms with van der Waals surface area (Å²) < 4.78 is 5.60. The number of amides is 1. The number of hydrogen-bond acceptors (Lipinski definition) is 3. The molecule has 2 rings (SSSR count). The van der Waals surface area contributed by atoms with Crippen molar-refractivity contribution in [3.63, 3.8) is 0 Å². The number of morpholine rings is 1. The van der Waals surface area contributed by atoms with Crippen LogP contribution in [-0.4, -0.2) is 47.1 Å². The smallest absolute Gasteiger partial charge is 0.254 e. The monoisotopic (exact) mass is 269 g/mol. The maximum atomic E-state index is 12.3. The second kappa shape index (κ2) is 5.59. The summed E-state index contributed by atoms with van der Waals surface area (Å²) in [7, 11) is 0. The number of aromatic hydroxyl groups is 1. The molecule has 5 heteroatoms. The predicted octanol–water partition coefficient (Wildman–Crippen LogP) is 1.86. The molecule has 18 heavy (non-hydrogen) atoms. The van der Waals surface area contributed by atoms with E-state index in [0.717, 1.165) is 0 Å². The normalized spacial score (nSPS) is 24.0. The summed E-state index contributed by atoms with van der Waals surface area (Å²) in [6, 6.07) is 6.26. The van der Waals surface area contributed by atoms with E-state index in [9.17, 15) is 9.90 Å². The third-order valence-corrected chi connectivity index (χ3v) is 3.24. The second-order valence-corrected chi connectivity index (χ2v) is 4.79. The van der Waals surface area contributed by atoms with Gasteiger partial charge < -0.3 is 14.7 Å². The number of alkyl halides is 1. The van der Waals surface area contributed by atoms with Crippen molar-refractivity contribution < 1.29 is 14.6 Å². The Hall–Kier alpha value is -1.26. The van der Waals surface area contributed by atoms with Crippen LogP contribution in [0.1, 0.15) is 17.3 Å². The van der Waals surface area contributed by atoms with Gasteiger partial charge in [0.05, 0.1) is 18.1 Å². The number of phenolic OH excluding ortho intramolecular Hbond substituents is 1. The van der Waals surface area contributed by atoms with Crippen LogP contribution in [0.15, 0.2) is 24.3 Å². The third-order valence-electron chi connectivity index (χ3n) is 2.90. The fraction of sp³-hybridized carbons (Fsp3) is 0.462. The Morgan fingerprint density at radius 1 is 1.44 bits per heavy atom. The lowest BCUT2D eigenvalue weighted by atomic mass is 10.1. The van der Waals surface area contributed by atoms with Crippen LogP contribution in [0.4, 0.5) is 0 Å². The highest BCUT2D eigenvalue weighted by Gasteiger charge is 2.28. The van der Waals surface area contributed by atoms with Gasteiger partial charge >= 0.3 is 0 Å². The molecule has 98 valence electrons. The molecule has 1 fully saturated rings. The summed E-state index contributed by atoms with van der Waals surface area (Å²) in [5, 5.41) is 9.21. The molecule has 1 saturated heterocycles. The predicted molar refractivity (Wildman–Crippen MR) is 69.1 cm³/mol. The summed E-state index contributed by atoms with van der Waals surface area (Å²) in [4.78, 5) is 14.0. The summed E-state index contributed by atoms with van der Waals surface area (Å²) in [5.74, 6) is 0.477. The zero-order valence-corrected chi connectivity index (χ0v) is 10.9. The molecule has 1 aromatic rings. The number of benzene rings is 1. The number of nitrogens with zero attached hydrogens (tertiary/aromatic N) is 1. The van der Waals surface area contributed by atoms with Gasteiger partial charge in [0.15, 0.2) is 0 Å². The Kier molecular flexibility index (Phi) is 4.09. The van der Waals surface area contributed by atoms with E-state index in [4.69, 9.17) is 16.3 Å². The van der Waals surface area contributed by atoms with Crippen LogP contribution in [0, 0.1) is 0 Å². The number of carbonyl (C=O) groups is 1. The van der Waals surface area contributed by atoms with Gasteiger partial charge in [-0.2, -0.15) is 0 Å². The van der Waals surface area contributed by atoms with Crippen molar-refractivity contribution in [1.82, 2.24) is 4.90 Å². The lowest BCUT2D eigenvalue weighted by Crippen LogP contribution is -2.49. The largest absolute Gasteiger partial charge is 0.508 e. The van der Waals surface area contributed by atoms with Gasteiger partial charge in [-0.25, -0.2) is 0 Å². The molecule has 0 radical (unpaired) electrons. The molecular formula is C13H16ClNO3. The summed E-state index contributed by atoms with van der Waals surface area (Å²) in [6.45, 7) is 3.00. The maximum absolute atomic E-state index is 12.3. The van der Waals surface area contributed by atoms with E-state index in [1.165, 1.54) is 12.1 Å². The Morgan fingerprint density at radius 2 is 2.11 bits per heavy atom. The van der Waals surface area contributed by atoms with Crippen molar-refractivity contribution in [3.8, 4) is 5.75 Å². The van der Waals surface area contributed by atoms with Gasteiger partial charge in [0.25, 0.3) is 5.91 Å². The molecule has 0 aromatic heterocycles. The van der Waals surface area contributed by atoms with Crippen molar-refractivity contribution in [2.24, 2.45) is 0 Å². The number of hydrogen-bond donors (Lipinski definition) is 1. The first-order valence-corrected chi connectivity index (χ1v) is 6.43. The Labute approximate surface area is 111 Å². The van der Waals surface area contributed by atoms with Gasteiger partial charge in [0, 0.05) is 18.7 Å². The molecule has 1 N–H and O–H groups in total. The van der Waals surface area contributed by atoms with Gasteiger partial charge in [0.1, 0.15) is 5.75 Å². The fourth-order valence-corrected chi connectivity index (χ4v) is 2.25. The molecule has 1 aliphatic heterocycles. The average Bonchev–Trinajstić information content (AvgIpc) is 2.38. The number of ether oxygens (including phenoxy) is 1. The number of phenols is 1. The van der Waals surface area contributed by atoms with Crippen LogP contribution < -0.4 is 0 Å². The first kappa shape index (κ1) is 13.2. The highest BCUT2D eigenvalue weighted by molar-refractivity contribution is 6.18. The van der Waals surface area contributed by atoms with Gasteiger partial charge in [-0.3, -0.25) is 4.79 Å². The van der Waals surface area contributed by atoms with Crippen LogP contribution >= 0.6 is 11.6 Å². The van der Waals surface area contributed by atoms with E-state index in [2.05, 4.69) is 0 Å². The Morgan fingerprint density at radius 3 is 2.72 bits per heavy atom. The highest BCUT2D eigenvalue weighted by atomic mass is 35.5. The SMILES string of the molecule is CC1CN(C(=O)c2ccc(O)cc2)CC(CCl)O1. The van der Waals surface area contributed by atoms with Crippen LogP contribution in [0.2, 0.25) is 0 Å². The van der Waals surface area contributed by atoms with Crippen molar-refractivity contribution >= 4 is 17.5 Å². The Bertz CT molecular complexity index is 421. The molecule has 2 unspecified atom stereocenters. The minimum Gasteiger partial charge on any atom is -0.508 e. The highest BCUT2D eigenvalue weighted by Crippen LogP contribution is 2.17. The topological polar surface area (TPSA) is 49.8 Å². The van der Waals surface area contributed by atoms with E-state index in [1.54, 1.807) is 17.0 Å². The molecular weight excluding hydrogens is 254 g/mol. The molecule has 0 bridgehead atoms. The molecule has 0 saturated carbocycles. The van der Waals surface area contributed by atoms with E-state index >= 15 is 0 Å². The molecule has 1 aromatic carbocycles. The van der Waals surface area contributed by atoms with Crippen molar-refractivity contribution in [2.45, 2.75) is 19.1 Å². The Balaban J connectivity index is 2.10. The first-order valence-electron chi connectivity index (χ1n) is 5.90. The molecule has 0 aliphatic carbocycles. The van der Waals surface area contributed by atoms with E-state index in [-0.39, 0.29) is 23.9 Å². The van der Waals surface area contributed by atoms with Crippen LogP contribution in [-0.2, 0) is 4.74 Å². The molecule has 1 heterocycles. The van der Waals surface area contributed by atoms with Crippen molar-refractivity contribution in [2.75, 3.05) is 19.0 Å². The summed E-state index contributed by atoms with van der Waals surface area (Å²) >= 11 is 5.79. The zero-order valence-electron chi connectivity index (χ0n) is 10.2. The van der Waals surface area contributed by atoms with Crippen LogP contribution in [0.3, 0.4) is 0 Å². The van der Waals surface area contributed by atoms with Crippen LogP contribution in [0.25, 0.3) is 0 Å². The van der Waals surface area contributed by atoms with Gasteiger partial charge in [0.2, 0.25) is 0 Å².